The molecule has 0 fully saturated rings. The molecule has 3 rings (SSSR count). The number of carboxylic acids is 2. The number of ketones is 1. The predicted molar refractivity (Wildman–Crippen MR) is 151 cm³/mol. The van der Waals surface area contributed by atoms with Gasteiger partial charge in [0, 0.05) is 17.9 Å². The molecular formula is C29H33N3O6S. The summed E-state index contributed by atoms with van der Waals surface area (Å²) in [6, 6.07) is 14.1. The number of carbonyl (C=O) groups excluding carboxylic acids is 2. The number of allylic oxidation sites excluding steroid dienone is 3. The van der Waals surface area contributed by atoms with Crippen molar-refractivity contribution >= 4 is 35.4 Å². The Morgan fingerprint density at radius 3 is 2.26 bits per heavy atom. The van der Waals surface area contributed by atoms with Crippen LogP contribution in [0.1, 0.15) is 24.8 Å². The molecule has 0 aromatic heterocycles. The van der Waals surface area contributed by atoms with Gasteiger partial charge < -0.3 is 27.0 Å². The Labute approximate surface area is 231 Å². The molecule has 4 atom stereocenters. The van der Waals surface area contributed by atoms with Crippen molar-refractivity contribution in [1.82, 2.24) is 5.32 Å². The summed E-state index contributed by atoms with van der Waals surface area (Å²) in [5.74, 6) is -3.03. The lowest BCUT2D eigenvalue weighted by Crippen LogP contribution is -2.59. The molecule has 1 aliphatic rings. The van der Waals surface area contributed by atoms with Gasteiger partial charge in [0.05, 0.1) is 11.5 Å². The standard InChI is InChI=1S/C29H33N3O6S/c30-22(27(35)36)13-14-24(33)32-25(28(37)38)29(15-7-2-8-16-29)26(34)23(31)18-39-17-20-11-5-6-12-21(20)19-9-3-1-4-10-19/h1-12,15,22-23,25H,13-14,16-18,30-31H2,(H,32,33)(H,35,36)(H,37,38)/t22-,23-,25-,29?/m0/s1. The van der Waals surface area contributed by atoms with Gasteiger partial charge in [-0.15, -0.1) is 0 Å². The first-order valence-electron chi connectivity index (χ1n) is 12.5. The van der Waals surface area contributed by atoms with E-state index >= 15 is 0 Å². The maximum atomic E-state index is 13.7. The first kappa shape index (κ1) is 29.8. The second-order valence-corrected chi connectivity index (χ2v) is 10.4. The van der Waals surface area contributed by atoms with E-state index in [4.69, 9.17) is 16.6 Å². The molecule has 9 nitrogen and oxygen atoms in total. The summed E-state index contributed by atoms with van der Waals surface area (Å²) < 4.78 is 0. The predicted octanol–water partition coefficient (Wildman–Crippen LogP) is 2.75. The van der Waals surface area contributed by atoms with E-state index in [1.165, 1.54) is 17.8 Å². The van der Waals surface area contributed by atoms with Crippen LogP contribution in [0.3, 0.4) is 0 Å². The molecular weight excluding hydrogens is 518 g/mol. The van der Waals surface area contributed by atoms with E-state index in [2.05, 4.69) is 5.32 Å². The maximum Gasteiger partial charge on any atom is 0.327 e. The van der Waals surface area contributed by atoms with Crippen LogP contribution in [-0.2, 0) is 24.9 Å². The molecule has 1 amide bonds. The number of benzene rings is 2. The smallest absolute Gasteiger partial charge is 0.327 e. The molecule has 0 aliphatic heterocycles. The summed E-state index contributed by atoms with van der Waals surface area (Å²) in [6.07, 6.45) is 5.97. The normalized spacial score (nSPS) is 18.6. The zero-order valence-electron chi connectivity index (χ0n) is 21.4. The average Bonchev–Trinajstić information content (AvgIpc) is 2.95. The maximum absolute atomic E-state index is 13.7. The van der Waals surface area contributed by atoms with Crippen LogP contribution in [0.2, 0.25) is 0 Å². The zero-order chi connectivity index (χ0) is 28.4. The van der Waals surface area contributed by atoms with Gasteiger partial charge in [-0.2, -0.15) is 11.8 Å². The van der Waals surface area contributed by atoms with Gasteiger partial charge in [-0.1, -0.05) is 78.9 Å². The van der Waals surface area contributed by atoms with Gasteiger partial charge in [0.15, 0.2) is 5.78 Å². The van der Waals surface area contributed by atoms with Gasteiger partial charge >= 0.3 is 11.9 Å². The molecule has 206 valence electrons. The molecule has 39 heavy (non-hydrogen) atoms. The third kappa shape index (κ3) is 7.66. The highest BCUT2D eigenvalue weighted by Crippen LogP contribution is 2.35. The van der Waals surface area contributed by atoms with Crippen molar-refractivity contribution in [2.24, 2.45) is 16.9 Å². The van der Waals surface area contributed by atoms with E-state index in [1.54, 1.807) is 18.2 Å². The summed E-state index contributed by atoms with van der Waals surface area (Å²) in [5.41, 5.74) is 13.4. The Morgan fingerprint density at radius 1 is 0.923 bits per heavy atom. The van der Waals surface area contributed by atoms with Gasteiger partial charge in [0.2, 0.25) is 5.91 Å². The fourth-order valence-corrected chi connectivity index (χ4v) is 5.49. The van der Waals surface area contributed by atoms with Crippen molar-refractivity contribution in [2.45, 2.75) is 43.1 Å². The largest absolute Gasteiger partial charge is 0.480 e. The number of aliphatic carboxylic acids is 2. The molecule has 7 N–H and O–H groups in total. The number of rotatable bonds is 14. The number of Topliss-reactive ketones (excluding diaryl/α,β-unsaturated/α-hetero) is 1. The molecule has 0 spiro atoms. The molecule has 2 aromatic rings. The number of carboxylic acid groups (broad SMARTS) is 2. The number of nitrogens with two attached hydrogens (primary N) is 2. The minimum absolute atomic E-state index is 0.0451. The number of hydrogen-bond donors (Lipinski definition) is 5. The highest BCUT2D eigenvalue weighted by atomic mass is 32.2. The van der Waals surface area contributed by atoms with E-state index in [0.29, 0.717) is 5.75 Å². The number of amides is 1. The molecule has 1 aliphatic carbocycles. The van der Waals surface area contributed by atoms with Crippen LogP contribution in [0, 0.1) is 5.41 Å². The summed E-state index contributed by atoms with van der Waals surface area (Å²) >= 11 is 1.47. The summed E-state index contributed by atoms with van der Waals surface area (Å²) in [6.45, 7) is 0. The second-order valence-electron chi connectivity index (χ2n) is 9.36. The topological polar surface area (TPSA) is 173 Å². The fourth-order valence-electron chi connectivity index (χ4n) is 4.49. The van der Waals surface area contributed by atoms with Crippen LogP contribution >= 0.6 is 11.8 Å². The Morgan fingerprint density at radius 2 is 1.62 bits per heavy atom. The lowest BCUT2D eigenvalue weighted by Gasteiger charge is -2.37. The van der Waals surface area contributed by atoms with Gasteiger partial charge in [-0.25, -0.2) is 4.79 Å². The fraction of sp³-hybridized carbons (Fsp3) is 0.310. The third-order valence-electron chi connectivity index (χ3n) is 6.62. The molecule has 2 aromatic carbocycles. The van der Waals surface area contributed by atoms with E-state index in [9.17, 15) is 24.3 Å². The Balaban J connectivity index is 1.71. The SMILES string of the molecule is N[C@@H](CCC(=O)N[C@@H](C(=O)O)C1(C(=O)[C@@H](N)CSCc2ccccc2-c2ccccc2)C=CC=CC1)C(=O)O. The van der Waals surface area contributed by atoms with Crippen molar-refractivity contribution in [3.8, 4) is 11.1 Å². The van der Waals surface area contributed by atoms with Crippen LogP contribution in [0.15, 0.2) is 78.9 Å². The monoisotopic (exact) mass is 551 g/mol. The van der Waals surface area contributed by atoms with E-state index in [1.807, 2.05) is 54.6 Å². The number of nitrogens with one attached hydrogen (secondary N) is 1. The third-order valence-corrected chi connectivity index (χ3v) is 7.73. The quantitative estimate of drug-likeness (QED) is 0.237. The summed E-state index contributed by atoms with van der Waals surface area (Å²) in [7, 11) is 0. The van der Waals surface area contributed by atoms with Crippen LogP contribution in [0.5, 0.6) is 0 Å². The molecule has 1 unspecified atom stereocenters. The number of hydrogen-bond acceptors (Lipinski definition) is 7. The van der Waals surface area contributed by atoms with Crippen LogP contribution in [-0.4, -0.2) is 57.7 Å². The van der Waals surface area contributed by atoms with Crippen molar-refractivity contribution in [1.29, 1.82) is 0 Å². The highest BCUT2D eigenvalue weighted by molar-refractivity contribution is 7.98. The molecule has 0 saturated carbocycles. The summed E-state index contributed by atoms with van der Waals surface area (Å²) in [5, 5.41) is 21.4. The summed E-state index contributed by atoms with van der Waals surface area (Å²) in [4.78, 5) is 49.5. The Kier molecular flexibility index (Phi) is 10.6. The second kappa shape index (κ2) is 13.9. The van der Waals surface area contributed by atoms with Crippen molar-refractivity contribution in [3.63, 3.8) is 0 Å². The van der Waals surface area contributed by atoms with Crippen LogP contribution < -0.4 is 16.8 Å². The first-order valence-corrected chi connectivity index (χ1v) is 13.7. The van der Waals surface area contributed by atoms with Crippen molar-refractivity contribution in [2.75, 3.05) is 5.75 Å². The van der Waals surface area contributed by atoms with Gasteiger partial charge in [0.1, 0.15) is 12.1 Å². The van der Waals surface area contributed by atoms with Crippen LogP contribution in [0.25, 0.3) is 11.1 Å². The van der Waals surface area contributed by atoms with E-state index < -0.39 is 47.2 Å². The van der Waals surface area contributed by atoms with Crippen LogP contribution in [0.4, 0.5) is 0 Å². The number of thioether (sulfide) groups is 1. The molecule has 0 saturated heterocycles. The molecule has 0 heterocycles. The lowest BCUT2D eigenvalue weighted by atomic mass is 9.70. The van der Waals surface area contributed by atoms with Crippen molar-refractivity contribution < 1.29 is 29.4 Å². The van der Waals surface area contributed by atoms with Crippen molar-refractivity contribution in [3.05, 3.63) is 84.5 Å². The average molecular weight is 552 g/mol. The minimum Gasteiger partial charge on any atom is -0.480 e. The van der Waals surface area contributed by atoms with E-state index in [-0.39, 0.29) is 25.0 Å². The minimum atomic E-state index is -1.59. The van der Waals surface area contributed by atoms with Gasteiger partial charge in [-0.3, -0.25) is 14.4 Å². The Hall–Kier alpha value is -3.73. The zero-order valence-corrected chi connectivity index (χ0v) is 22.2. The molecule has 0 radical (unpaired) electrons. The molecule has 0 bridgehead atoms. The lowest BCUT2D eigenvalue weighted by molar-refractivity contribution is -0.149. The van der Waals surface area contributed by atoms with E-state index in [0.717, 1.165) is 16.7 Å². The Bertz CT molecular complexity index is 1250. The van der Waals surface area contributed by atoms with Gasteiger partial charge in [0.25, 0.3) is 0 Å². The van der Waals surface area contributed by atoms with Gasteiger partial charge in [-0.05, 0) is 29.5 Å². The molecule has 10 heteroatoms. The number of carbonyl (C=O) groups is 4. The first-order chi connectivity index (χ1) is 18.7. The highest BCUT2D eigenvalue weighted by Gasteiger charge is 2.49.